The molecule has 0 aromatic rings. The van der Waals surface area contributed by atoms with E-state index in [1.807, 2.05) is 6.92 Å². The molecule has 1 unspecified atom stereocenters. The Morgan fingerprint density at radius 2 is 1.71 bits per heavy atom. The van der Waals surface area contributed by atoms with Crippen molar-refractivity contribution in [2.45, 2.75) is 47.5 Å². The fraction of sp³-hybridized carbons (Fsp3) is 0.846. The van der Waals surface area contributed by atoms with E-state index in [0.29, 0.717) is 5.92 Å². The Morgan fingerprint density at radius 1 is 1.24 bits per heavy atom. The molecular weight excluding hydrogens is 218 g/mol. The highest BCUT2D eigenvalue weighted by Gasteiger charge is 2.29. The molecule has 0 aliphatic rings. The number of hydrogen-bond donors (Lipinski definition) is 2. The van der Waals surface area contributed by atoms with E-state index in [1.54, 1.807) is 13.8 Å². The SMILES string of the molecule is CCC(CC)C(C)C(=O)NCC(C)(C)C(=O)O. The van der Waals surface area contributed by atoms with Gasteiger partial charge in [-0.05, 0) is 19.8 Å². The molecule has 0 saturated heterocycles. The summed E-state index contributed by atoms with van der Waals surface area (Å²) in [5.41, 5.74) is -0.913. The van der Waals surface area contributed by atoms with Crippen LogP contribution in [0.5, 0.6) is 0 Å². The maximum Gasteiger partial charge on any atom is 0.310 e. The molecule has 0 radical (unpaired) electrons. The quantitative estimate of drug-likeness (QED) is 0.721. The summed E-state index contributed by atoms with van der Waals surface area (Å²) in [6.07, 6.45) is 1.93. The number of carbonyl (C=O) groups excluding carboxylic acids is 1. The summed E-state index contributed by atoms with van der Waals surface area (Å²) in [7, 11) is 0. The van der Waals surface area contributed by atoms with Crippen molar-refractivity contribution < 1.29 is 14.7 Å². The third-order valence-electron chi connectivity index (χ3n) is 3.45. The molecule has 0 aliphatic carbocycles. The molecule has 4 heteroatoms. The molecular formula is C13H25NO3. The molecule has 2 N–H and O–H groups in total. The van der Waals surface area contributed by atoms with E-state index in [4.69, 9.17) is 5.11 Å². The topological polar surface area (TPSA) is 66.4 Å². The van der Waals surface area contributed by atoms with Crippen molar-refractivity contribution in [3.63, 3.8) is 0 Å². The number of nitrogens with one attached hydrogen (secondary N) is 1. The molecule has 0 aromatic carbocycles. The normalized spacial score (nSPS) is 13.5. The highest BCUT2D eigenvalue weighted by Crippen LogP contribution is 2.20. The van der Waals surface area contributed by atoms with Gasteiger partial charge in [-0.1, -0.05) is 33.6 Å². The van der Waals surface area contributed by atoms with Gasteiger partial charge in [0.05, 0.1) is 5.41 Å². The Bertz CT molecular complexity index is 270. The Balaban J connectivity index is 4.32. The summed E-state index contributed by atoms with van der Waals surface area (Å²) in [6, 6.07) is 0. The van der Waals surface area contributed by atoms with Gasteiger partial charge in [0.25, 0.3) is 0 Å². The maximum absolute atomic E-state index is 11.9. The summed E-state index contributed by atoms with van der Waals surface area (Å²) in [6.45, 7) is 9.43. The molecule has 0 rings (SSSR count). The molecule has 1 atom stereocenters. The molecule has 0 bridgehead atoms. The van der Waals surface area contributed by atoms with Gasteiger partial charge in [-0.25, -0.2) is 0 Å². The second-order valence-electron chi connectivity index (χ2n) is 5.27. The van der Waals surface area contributed by atoms with Gasteiger partial charge in [0.1, 0.15) is 0 Å². The van der Waals surface area contributed by atoms with E-state index in [-0.39, 0.29) is 18.4 Å². The minimum absolute atomic E-state index is 0.0481. The van der Waals surface area contributed by atoms with Gasteiger partial charge in [-0.2, -0.15) is 0 Å². The van der Waals surface area contributed by atoms with Crippen LogP contribution in [0.3, 0.4) is 0 Å². The lowest BCUT2D eigenvalue weighted by Gasteiger charge is -2.24. The van der Waals surface area contributed by atoms with Crippen LogP contribution in [0.4, 0.5) is 0 Å². The van der Waals surface area contributed by atoms with Crippen LogP contribution in [0.1, 0.15) is 47.5 Å². The largest absolute Gasteiger partial charge is 0.481 e. The number of rotatable bonds is 7. The summed E-state index contributed by atoms with van der Waals surface area (Å²) in [5, 5.41) is 11.7. The van der Waals surface area contributed by atoms with Crippen LogP contribution in [0.25, 0.3) is 0 Å². The predicted octanol–water partition coefficient (Wildman–Crippen LogP) is 2.29. The molecule has 0 fully saturated rings. The van der Waals surface area contributed by atoms with Crippen LogP contribution in [-0.4, -0.2) is 23.5 Å². The van der Waals surface area contributed by atoms with Gasteiger partial charge < -0.3 is 10.4 Å². The van der Waals surface area contributed by atoms with Crippen LogP contribution in [-0.2, 0) is 9.59 Å². The summed E-state index contributed by atoms with van der Waals surface area (Å²) in [4.78, 5) is 22.8. The lowest BCUT2D eigenvalue weighted by atomic mass is 9.88. The molecule has 1 amide bonds. The van der Waals surface area contributed by atoms with Gasteiger partial charge >= 0.3 is 5.97 Å². The fourth-order valence-electron chi connectivity index (χ4n) is 1.75. The number of amides is 1. The van der Waals surface area contributed by atoms with Crippen LogP contribution in [0, 0.1) is 17.3 Å². The van der Waals surface area contributed by atoms with Gasteiger partial charge in [-0.3, -0.25) is 9.59 Å². The number of aliphatic carboxylic acids is 1. The van der Waals surface area contributed by atoms with E-state index in [9.17, 15) is 9.59 Å². The van der Waals surface area contributed by atoms with Crippen LogP contribution in [0.15, 0.2) is 0 Å². The molecule has 0 aliphatic heterocycles. The summed E-state index contributed by atoms with van der Waals surface area (Å²) < 4.78 is 0. The van der Waals surface area contributed by atoms with Crippen LogP contribution in [0.2, 0.25) is 0 Å². The van der Waals surface area contributed by atoms with E-state index in [0.717, 1.165) is 12.8 Å². The summed E-state index contributed by atoms with van der Waals surface area (Å²) >= 11 is 0. The van der Waals surface area contributed by atoms with Crippen molar-refractivity contribution in [1.29, 1.82) is 0 Å². The van der Waals surface area contributed by atoms with Crippen molar-refractivity contribution in [3.8, 4) is 0 Å². The van der Waals surface area contributed by atoms with Crippen molar-refractivity contribution in [3.05, 3.63) is 0 Å². The number of hydrogen-bond acceptors (Lipinski definition) is 2. The fourth-order valence-corrected chi connectivity index (χ4v) is 1.75. The first kappa shape index (κ1) is 15.9. The average Bonchev–Trinajstić information content (AvgIpc) is 2.27. The maximum atomic E-state index is 11.9. The summed E-state index contributed by atoms with van der Waals surface area (Å²) in [5.74, 6) is -0.640. The smallest absolute Gasteiger partial charge is 0.310 e. The number of carboxylic acid groups (broad SMARTS) is 1. The first-order chi connectivity index (χ1) is 7.76. The van der Waals surface area contributed by atoms with Gasteiger partial charge in [0, 0.05) is 12.5 Å². The molecule has 17 heavy (non-hydrogen) atoms. The highest BCUT2D eigenvalue weighted by atomic mass is 16.4. The van der Waals surface area contributed by atoms with E-state index in [2.05, 4.69) is 19.2 Å². The molecule has 0 saturated carbocycles. The van der Waals surface area contributed by atoms with E-state index >= 15 is 0 Å². The molecule has 4 nitrogen and oxygen atoms in total. The zero-order valence-corrected chi connectivity index (χ0v) is 11.5. The Hall–Kier alpha value is -1.06. The third kappa shape index (κ3) is 4.75. The van der Waals surface area contributed by atoms with Crippen LogP contribution >= 0.6 is 0 Å². The average molecular weight is 243 g/mol. The molecule has 0 heterocycles. The molecule has 100 valence electrons. The lowest BCUT2D eigenvalue weighted by molar-refractivity contribution is -0.146. The molecule has 0 aromatic heterocycles. The van der Waals surface area contributed by atoms with Gasteiger partial charge in [0.15, 0.2) is 0 Å². The lowest BCUT2D eigenvalue weighted by Crippen LogP contribution is -2.42. The highest BCUT2D eigenvalue weighted by molar-refractivity contribution is 5.80. The second kappa shape index (κ2) is 6.62. The monoisotopic (exact) mass is 243 g/mol. The Kier molecular flexibility index (Phi) is 6.21. The third-order valence-corrected chi connectivity index (χ3v) is 3.45. The number of carbonyl (C=O) groups is 2. The predicted molar refractivity (Wildman–Crippen MR) is 67.7 cm³/mol. The first-order valence-corrected chi connectivity index (χ1v) is 6.27. The first-order valence-electron chi connectivity index (χ1n) is 6.27. The van der Waals surface area contributed by atoms with Crippen molar-refractivity contribution in [1.82, 2.24) is 5.32 Å². The van der Waals surface area contributed by atoms with E-state index in [1.165, 1.54) is 0 Å². The molecule has 0 spiro atoms. The zero-order valence-electron chi connectivity index (χ0n) is 11.5. The van der Waals surface area contributed by atoms with Gasteiger partial charge in [-0.15, -0.1) is 0 Å². The van der Waals surface area contributed by atoms with Crippen LogP contribution < -0.4 is 5.32 Å². The van der Waals surface area contributed by atoms with E-state index < -0.39 is 11.4 Å². The van der Waals surface area contributed by atoms with Gasteiger partial charge in [0.2, 0.25) is 5.91 Å². The minimum atomic E-state index is -0.913. The van der Waals surface area contributed by atoms with Crippen molar-refractivity contribution in [2.24, 2.45) is 17.3 Å². The Labute approximate surface area is 104 Å². The van der Waals surface area contributed by atoms with Crippen molar-refractivity contribution in [2.75, 3.05) is 6.54 Å². The minimum Gasteiger partial charge on any atom is -0.481 e. The Morgan fingerprint density at radius 3 is 2.06 bits per heavy atom. The number of carboxylic acids is 1. The second-order valence-corrected chi connectivity index (χ2v) is 5.27. The zero-order chi connectivity index (χ0) is 13.6. The van der Waals surface area contributed by atoms with Crippen molar-refractivity contribution >= 4 is 11.9 Å². The standard InChI is InChI=1S/C13H25NO3/c1-6-10(7-2)9(3)11(15)14-8-13(4,5)12(16)17/h9-10H,6-8H2,1-5H3,(H,14,15)(H,16,17).